The molecule has 16 heavy (non-hydrogen) atoms. The molecule has 2 aromatic rings. The number of rotatable bonds is 3. The zero-order valence-electron chi connectivity index (χ0n) is 9.40. The summed E-state index contributed by atoms with van der Waals surface area (Å²) < 4.78 is 0. The highest BCUT2D eigenvalue weighted by Crippen LogP contribution is 2.11. The third kappa shape index (κ3) is 2.19. The Labute approximate surface area is 96.3 Å². The molecule has 1 N–H and O–H groups in total. The molecule has 0 aliphatic rings. The van der Waals surface area contributed by atoms with Gasteiger partial charge in [0.2, 0.25) is 0 Å². The van der Waals surface area contributed by atoms with Crippen LogP contribution in [0.25, 0.3) is 0 Å². The van der Waals surface area contributed by atoms with Crippen molar-refractivity contribution in [2.24, 2.45) is 0 Å². The SMILES string of the molecule is CCc1ccc(C(=N)c2ccccc2)cc1. The average molecular weight is 209 g/mol. The highest BCUT2D eigenvalue weighted by Gasteiger charge is 2.03. The van der Waals surface area contributed by atoms with E-state index in [0.717, 1.165) is 17.5 Å². The maximum absolute atomic E-state index is 8.10. The van der Waals surface area contributed by atoms with E-state index in [0.29, 0.717) is 5.71 Å². The fraction of sp³-hybridized carbons (Fsp3) is 0.133. The van der Waals surface area contributed by atoms with Gasteiger partial charge in [-0.3, -0.25) is 5.41 Å². The van der Waals surface area contributed by atoms with Crippen molar-refractivity contribution in [3.8, 4) is 0 Å². The minimum atomic E-state index is 0.586. The van der Waals surface area contributed by atoms with Gasteiger partial charge >= 0.3 is 0 Å². The third-order valence-corrected chi connectivity index (χ3v) is 2.71. The van der Waals surface area contributed by atoms with Gasteiger partial charge in [0.05, 0.1) is 5.71 Å². The van der Waals surface area contributed by atoms with Crippen LogP contribution in [0.2, 0.25) is 0 Å². The van der Waals surface area contributed by atoms with Gasteiger partial charge in [-0.25, -0.2) is 0 Å². The van der Waals surface area contributed by atoms with Crippen LogP contribution in [0.3, 0.4) is 0 Å². The van der Waals surface area contributed by atoms with Crippen LogP contribution in [0.5, 0.6) is 0 Å². The van der Waals surface area contributed by atoms with Gasteiger partial charge in [-0.2, -0.15) is 0 Å². The topological polar surface area (TPSA) is 23.9 Å². The number of aryl methyl sites for hydroxylation is 1. The van der Waals surface area contributed by atoms with Crippen LogP contribution in [-0.2, 0) is 6.42 Å². The molecule has 0 radical (unpaired) electrons. The van der Waals surface area contributed by atoms with Crippen molar-refractivity contribution in [1.82, 2.24) is 0 Å². The van der Waals surface area contributed by atoms with Crippen LogP contribution in [0.4, 0.5) is 0 Å². The van der Waals surface area contributed by atoms with Crippen molar-refractivity contribution in [3.05, 3.63) is 71.3 Å². The van der Waals surface area contributed by atoms with E-state index >= 15 is 0 Å². The molecule has 0 aromatic heterocycles. The first-order chi connectivity index (χ1) is 7.81. The molecule has 0 unspecified atom stereocenters. The van der Waals surface area contributed by atoms with E-state index in [2.05, 4.69) is 19.1 Å². The molecule has 80 valence electrons. The smallest absolute Gasteiger partial charge is 0.0684 e. The predicted octanol–water partition coefficient (Wildman–Crippen LogP) is 3.67. The average Bonchev–Trinajstić information content (AvgIpc) is 2.39. The molecular formula is C15H15N. The van der Waals surface area contributed by atoms with Crippen molar-refractivity contribution in [3.63, 3.8) is 0 Å². The molecule has 2 aromatic carbocycles. The summed E-state index contributed by atoms with van der Waals surface area (Å²) >= 11 is 0. The zero-order valence-corrected chi connectivity index (χ0v) is 9.40. The molecule has 0 atom stereocenters. The van der Waals surface area contributed by atoms with Crippen LogP contribution < -0.4 is 0 Å². The monoisotopic (exact) mass is 209 g/mol. The second-order valence-electron chi connectivity index (χ2n) is 3.79. The fourth-order valence-electron chi connectivity index (χ4n) is 1.68. The molecule has 0 aliphatic carbocycles. The fourth-order valence-corrected chi connectivity index (χ4v) is 1.68. The van der Waals surface area contributed by atoms with Crippen LogP contribution in [0.15, 0.2) is 54.6 Å². The summed E-state index contributed by atoms with van der Waals surface area (Å²) in [5.41, 5.74) is 3.84. The minimum Gasteiger partial charge on any atom is -0.300 e. The maximum Gasteiger partial charge on any atom is 0.0684 e. The first kappa shape index (κ1) is 10.6. The van der Waals surface area contributed by atoms with Gasteiger partial charge in [0.25, 0.3) is 0 Å². The number of nitrogens with one attached hydrogen (secondary N) is 1. The second-order valence-corrected chi connectivity index (χ2v) is 3.79. The quantitative estimate of drug-likeness (QED) is 0.746. The minimum absolute atomic E-state index is 0.586. The molecule has 0 amide bonds. The Hall–Kier alpha value is -1.89. The van der Waals surface area contributed by atoms with E-state index in [1.54, 1.807) is 0 Å². The van der Waals surface area contributed by atoms with Gasteiger partial charge in [-0.1, -0.05) is 61.5 Å². The van der Waals surface area contributed by atoms with Crippen LogP contribution in [0.1, 0.15) is 23.6 Å². The summed E-state index contributed by atoms with van der Waals surface area (Å²) in [4.78, 5) is 0. The third-order valence-electron chi connectivity index (χ3n) is 2.71. The molecular weight excluding hydrogens is 194 g/mol. The van der Waals surface area contributed by atoms with Crippen LogP contribution in [0, 0.1) is 5.41 Å². The largest absolute Gasteiger partial charge is 0.300 e. The highest BCUT2D eigenvalue weighted by atomic mass is 14.4. The number of hydrogen-bond acceptors (Lipinski definition) is 1. The lowest BCUT2D eigenvalue weighted by molar-refractivity contribution is 1.14. The van der Waals surface area contributed by atoms with E-state index < -0.39 is 0 Å². The van der Waals surface area contributed by atoms with Gasteiger partial charge in [-0.05, 0) is 17.5 Å². The number of hydrogen-bond donors (Lipinski definition) is 1. The van der Waals surface area contributed by atoms with E-state index in [1.807, 2.05) is 42.5 Å². The molecule has 0 saturated carbocycles. The lowest BCUT2D eigenvalue weighted by Crippen LogP contribution is -2.00. The molecule has 1 heteroatoms. The van der Waals surface area contributed by atoms with Crippen molar-refractivity contribution >= 4 is 5.71 Å². The van der Waals surface area contributed by atoms with E-state index in [4.69, 9.17) is 5.41 Å². The van der Waals surface area contributed by atoms with Gasteiger partial charge in [0.1, 0.15) is 0 Å². The van der Waals surface area contributed by atoms with Crippen LogP contribution >= 0.6 is 0 Å². The number of benzene rings is 2. The van der Waals surface area contributed by atoms with Gasteiger partial charge in [0.15, 0.2) is 0 Å². The molecule has 0 bridgehead atoms. The Morgan fingerprint density at radius 3 is 2.00 bits per heavy atom. The van der Waals surface area contributed by atoms with Gasteiger partial charge in [-0.15, -0.1) is 0 Å². The zero-order chi connectivity index (χ0) is 11.4. The van der Waals surface area contributed by atoms with Crippen molar-refractivity contribution < 1.29 is 0 Å². The van der Waals surface area contributed by atoms with E-state index in [-0.39, 0.29) is 0 Å². The molecule has 0 heterocycles. The summed E-state index contributed by atoms with van der Waals surface area (Å²) in [5.74, 6) is 0. The Kier molecular flexibility index (Phi) is 3.16. The lowest BCUT2D eigenvalue weighted by atomic mass is 10.0. The Morgan fingerprint density at radius 1 is 0.875 bits per heavy atom. The second kappa shape index (κ2) is 4.75. The molecule has 2 rings (SSSR count). The van der Waals surface area contributed by atoms with Crippen molar-refractivity contribution in [2.75, 3.05) is 0 Å². The predicted molar refractivity (Wildman–Crippen MR) is 68.2 cm³/mol. The summed E-state index contributed by atoms with van der Waals surface area (Å²) in [6, 6.07) is 18.1. The Bertz CT molecular complexity index is 469. The normalized spacial score (nSPS) is 10.1. The summed E-state index contributed by atoms with van der Waals surface area (Å²) in [5, 5.41) is 8.10. The first-order valence-corrected chi connectivity index (χ1v) is 5.54. The molecule has 1 nitrogen and oxygen atoms in total. The van der Waals surface area contributed by atoms with Crippen LogP contribution in [-0.4, -0.2) is 5.71 Å². The molecule has 0 saturated heterocycles. The molecule has 0 fully saturated rings. The van der Waals surface area contributed by atoms with E-state index in [9.17, 15) is 0 Å². The summed E-state index contributed by atoms with van der Waals surface area (Å²) in [6.07, 6.45) is 1.04. The van der Waals surface area contributed by atoms with Gasteiger partial charge < -0.3 is 0 Å². The summed E-state index contributed by atoms with van der Waals surface area (Å²) in [6.45, 7) is 2.14. The van der Waals surface area contributed by atoms with Crippen molar-refractivity contribution in [2.45, 2.75) is 13.3 Å². The lowest BCUT2D eigenvalue weighted by Gasteiger charge is -2.05. The Balaban J connectivity index is 2.28. The standard InChI is InChI=1S/C15H15N/c1-2-12-8-10-14(11-9-12)15(16)13-6-4-3-5-7-13/h3-11,16H,2H2,1H3. The summed E-state index contributed by atoms with van der Waals surface area (Å²) in [7, 11) is 0. The maximum atomic E-state index is 8.10. The molecule has 0 spiro atoms. The van der Waals surface area contributed by atoms with Crippen molar-refractivity contribution in [1.29, 1.82) is 5.41 Å². The first-order valence-electron chi connectivity index (χ1n) is 5.54. The van der Waals surface area contributed by atoms with Gasteiger partial charge in [0, 0.05) is 5.56 Å². The highest BCUT2D eigenvalue weighted by molar-refractivity contribution is 6.10. The Morgan fingerprint density at radius 2 is 1.44 bits per heavy atom. The molecule has 0 aliphatic heterocycles. The van der Waals surface area contributed by atoms with E-state index in [1.165, 1.54) is 5.56 Å².